The van der Waals surface area contributed by atoms with Gasteiger partial charge in [0.25, 0.3) is 10.1 Å². The second kappa shape index (κ2) is 10.2. The molecule has 4 aliphatic carbocycles. The van der Waals surface area contributed by atoms with Crippen LogP contribution in [0.2, 0.25) is 0 Å². The highest BCUT2D eigenvalue weighted by Gasteiger charge is 2.63. The third-order valence-corrected chi connectivity index (χ3v) is 12.0. The van der Waals surface area contributed by atoms with Gasteiger partial charge >= 0.3 is 0 Å². The van der Waals surface area contributed by atoms with Crippen molar-refractivity contribution in [2.45, 2.75) is 104 Å². The Hall–Kier alpha value is -0.700. The molecule has 35 heavy (non-hydrogen) atoms. The number of hydrogen-bond donors (Lipinski definition) is 4. The molecule has 202 valence electrons. The van der Waals surface area contributed by atoms with Crippen LogP contribution in [0, 0.1) is 46.3 Å². The zero-order chi connectivity index (χ0) is 25.6. The highest BCUT2D eigenvalue weighted by molar-refractivity contribution is 7.85. The van der Waals surface area contributed by atoms with Crippen molar-refractivity contribution in [2.75, 3.05) is 12.3 Å². The monoisotopic (exact) mass is 513 g/mol. The summed E-state index contributed by atoms with van der Waals surface area (Å²) in [6.07, 6.45) is 9.36. The van der Waals surface area contributed by atoms with E-state index < -0.39 is 10.1 Å². The molecule has 7 nitrogen and oxygen atoms in total. The van der Waals surface area contributed by atoms with Crippen molar-refractivity contribution < 1.29 is 28.0 Å². The lowest BCUT2D eigenvalue weighted by Crippen LogP contribution is -2.58. The van der Waals surface area contributed by atoms with Crippen LogP contribution < -0.4 is 5.32 Å². The standard InChI is InChI=1S/C27H47NO6S/c1-17(5-10-25(31)28-13-4-14-35(32,33)34)21-8-9-22-20-7-6-18-15-19(29)11-12-26(18,2)23(20)16-24(30)27(21,22)3/h17-24,29-30H,4-16H2,1-3H3,(H,28,31)(H,32,33,34)/t17-,18-,19-,20+,21?,22?,23?,24+,26+,27-/m1/s1. The number of rotatable bonds is 8. The first kappa shape index (κ1) is 27.3. The number of hydrogen-bond acceptors (Lipinski definition) is 5. The van der Waals surface area contributed by atoms with Crippen molar-refractivity contribution >= 4 is 16.0 Å². The van der Waals surface area contributed by atoms with E-state index in [0.29, 0.717) is 41.9 Å². The van der Waals surface area contributed by atoms with Crippen LogP contribution >= 0.6 is 0 Å². The Morgan fingerprint density at radius 3 is 2.51 bits per heavy atom. The first-order valence-electron chi connectivity index (χ1n) is 13.9. The van der Waals surface area contributed by atoms with Crippen molar-refractivity contribution in [3.8, 4) is 0 Å². The largest absolute Gasteiger partial charge is 0.393 e. The summed E-state index contributed by atoms with van der Waals surface area (Å²) < 4.78 is 30.4. The fourth-order valence-corrected chi connectivity index (χ4v) is 9.80. The van der Waals surface area contributed by atoms with Crippen LogP contribution in [-0.4, -0.2) is 53.6 Å². The van der Waals surface area contributed by atoms with Crippen LogP contribution in [0.15, 0.2) is 0 Å². The van der Waals surface area contributed by atoms with Gasteiger partial charge in [-0.3, -0.25) is 9.35 Å². The van der Waals surface area contributed by atoms with Gasteiger partial charge in [-0.1, -0.05) is 20.8 Å². The van der Waals surface area contributed by atoms with E-state index in [-0.39, 0.29) is 47.7 Å². The molecule has 4 saturated carbocycles. The summed E-state index contributed by atoms with van der Waals surface area (Å²) in [5.41, 5.74) is 0.130. The summed E-state index contributed by atoms with van der Waals surface area (Å²) in [7, 11) is -3.99. The number of amides is 1. The van der Waals surface area contributed by atoms with Gasteiger partial charge in [0, 0.05) is 13.0 Å². The van der Waals surface area contributed by atoms with Gasteiger partial charge in [-0.25, -0.2) is 0 Å². The van der Waals surface area contributed by atoms with Crippen LogP contribution in [0.1, 0.15) is 91.4 Å². The summed E-state index contributed by atoms with van der Waals surface area (Å²) in [4.78, 5) is 12.3. The van der Waals surface area contributed by atoms with E-state index in [1.54, 1.807) is 0 Å². The van der Waals surface area contributed by atoms with E-state index >= 15 is 0 Å². The molecule has 0 spiro atoms. The van der Waals surface area contributed by atoms with Gasteiger partial charge in [-0.15, -0.1) is 0 Å². The topological polar surface area (TPSA) is 124 Å². The van der Waals surface area contributed by atoms with E-state index in [1.807, 2.05) is 0 Å². The van der Waals surface area contributed by atoms with Gasteiger partial charge in [0.2, 0.25) is 5.91 Å². The molecular weight excluding hydrogens is 466 g/mol. The third-order valence-electron chi connectivity index (χ3n) is 11.2. The number of aliphatic hydroxyl groups excluding tert-OH is 2. The average molecular weight is 514 g/mol. The Morgan fingerprint density at radius 2 is 1.80 bits per heavy atom. The molecule has 0 radical (unpaired) electrons. The van der Waals surface area contributed by atoms with Crippen molar-refractivity contribution in [1.29, 1.82) is 0 Å². The molecular formula is C27H47NO6S. The molecule has 4 N–H and O–H groups in total. The first-order valence-corrected chi connectivity index (χ1v) is 15.5. The molecule has 0 aromatic carbocycles. The highest BCUT2D eigenvalue weighted by atomic mass is 32.2. The van der Waals surface area contributed by atoms with E-state index in [0.717, 1.165) is 44.9 Å². The van der Waals surface area contributed by atoms with E-state index in [9.17, 15) is 23.4 Å². The van der Waals surface area contributed by atoms with Gasteiger partial charge in [0.15, 0.2) is 0 Å². The molecule has 4 fully saturated rings. The van der Waals surface area contributed by atoms with Crippen molar-refractivity contribution in [2.24, 2.45) is 46.3 Å². The smallest absolute Gasteiger partial charge is 0.264 e. The molecule has 10 atom stereocenters. The van der Waals surface area contributed by atoms with Crippen molar-refractivity contribution in [1.82, 2.24) is 5.32 Å². The maximum atomic E-state index is 12.3. The van der Waals surface area contributed by atoms with Gasteiger partial charge in [0.1, 0.15) is 0 Å². The van der Waals surface area contributed by atoms with Crippen molar-refractivity contribution in [3.05, 3.63) is 0 Å². The second-order valence-corrected chi connectivity index (χ2v) is 14.5. The summed E-state index contributed by atoms with van der Waals surface area (Å²) in [5.74, 6) is 2.62. The minimum absolute atomic E-state index is 0.0816. The maximum absolute atomic E-state index is 12.3. The molecule has 0 saturated heterocycles. The zero-order valence-electron chi connectivity index (χ0n) is 21.8. The van der Waals surface area contributed by atoms with E-state index in [1.165, 1.54) is 12.8 Å². The molecule has 0 aliphatic heterocycles. The minimum atomic E-state index is -3.99. The highest BCUT2D eigenvalue weighted by Crippen LogP contribution is 2.68. The fraction of sp³-hybridized carbons (Fsp3) is 0.963. The van der Waals surface area contributed by atoms with Crippen LogP contribution in [0.25, 0.3) is 0 Å². The molecule has 0 aromatic heterocycles. The maximum Gasteiger partial charge on any atom is 0.264 e. The average Bonchev–Trinajstić information content (AvgIpc) is 3.14. The van der Waals surface area contributed by atoms with Gasteiger partial charge in [0.05, 0.1) is 18.0 Å². The van der Waals surface area contributed by atoms with Crippen LogP contribution in [-0.2, 0) is 14.9 Å². The van der Waals surface area contributed by atoms with Gasteiger partial charge in [-0.2, -0.15) is 8.42 Å². The summed E-state index contributed by atoms with van der Waals surface area (Å²) in [6.45, 7) is 7.23. The SMILES string of the molecule is C[C@H](CCC(=O)NCCCS(=O)(=O)O)C1CCC2[C@@H]3CC[C@@H]4C[C@H](O)CC[C@]4(C)C3C[C@H](O)[C@@]21C. The second-order valence-electron chi connectivity index (χ2n) is 12.9. The molecule has 4 rings (SSSR count). The lowest BCUT2D eigenvalue weighted by Gasteiger charge is -2.62. The molecule has 3 unspecified atom stereocenters. The van der Waals surface area contributed by atoms with Crippen LogP contribution in [0.5, 0.6) is 0 Å². The summed E-state index contributed by atoms with van der Waals surface area (Å²) >= 11 is 0. The van der Waals surface area contributed by atoms with Gasteiger partial charge in [-0.05, 0) is 111 Å². The molecule has 0 heterocycles. The molecule has 8 heteroatoms. The predicted octanol–water partition coefficient (Wildman–Crippen LogP) is 3.79. The number of fused-ring (bicyclic) bond motifs is 5. The third kappa shape index (κ3) is 5.32. The number of nitrogens with one attached hydrogen (secondary N) is 1. The Bertz CT molecular complexity index is 879. The summed E-state index contributed by atoms with van der Waals surface area (Å²) in [5, 5.41) is 24.7. The Labute approximate surface area is 211 Å². The Balaban J connectivity index is 1.36. The summed E-state index contributed by atoms with van der Waals surface area (Å²) in [6, 6.07) is 0. The van der Waals surface area contributed by atoms with Gasteiger partial charge < -0.3 is 15.5 Å². The normalized spacial score (nSPS) is 44.1. The molecule has 1 amide bonds. The lowest BCUT2D eigenvalue weighted by molar-refractivity contribution is -0.174. The number of carbonyl (C=O) groups excluding carboxylic acids is 1. The Morgan fingerprint density at radius 1 is 1.06 bits per heavy atom. The predicted molar refractivity (Wildman–Crippen MR) is 135 cm³/mol. The zero-order valence-corrected chi connectivity index (χ0v) is 22.6. The van der Waals surface area contributed by atoms with E-state index in [2.05, 4.69) is 26.1 Å². The number of carbonyl (C=O) groups is 1. The molecule has 4 aliphatic rings. The van der Waals surface area contributed by atoms with Crippen LogP contribution in [0.3, 0.4) is 0 Å². The number of aliphatic hydroxyl groups is 2. The Kier molecular flexibility index (Phi) is 7.98. The van der Waals surface area contributed by atoms with E-state index in [4.69, 9.17) is 4.55 Å². The minimum Gasteiger partial charge on any atom is -0.393 e. The van der Waals surface area contributed by atoms with Crippen molar-refractivity contribution in [3.63, 3.8) is 0 Å². The first-order chi connectivity index (χ1) is 16.4. The molecule has 0 aromatic rings. The quantitative estimate of drug-likeness (QED) is 0.289. The molecule has 0 bridgehead atoms. The van der Waals surface area contributed by atoms with Crippen LogP contribution in [0.4, 0.5) is 0 Å². The lowest BCUT2D eigenvalue weighted by atomic mass is 9.43. The fourth-order valence-electron chi connectivity index (χ4n) is 9.29.